The van der Waals surface area contributed by atoms with E-state index in [1.54, 1.807) is 6.07 Å². The van der Waals surface area contributed by atoms with Crippen LogP contribution in [0, 0.1) is 0 Å². The molecule has 1 aliphatic rings. The number of benzene rings is 1. The number of carbonyl (C=O) groups excluding carboxylic acids is 2. The summed E-state index contributed by atoms with van der Waals surface area (Å²) in [7, 11) is -3.92. The molecule has 0 spiro atoms. The lowest BCUT2D eigenvalue weighted by molar-refractivity contribution is -0.122. The van der Waals surface area contributed by atoms with E-state index in [0.29, 0.717) is 6.42 Å². The second kappa shape index (κ2) is 4.98. The first-order valence-corrected chi connectivity index (χ1v) is 7.14. The predicted octanol–water partition coefficient (Wildman–Crippen LogP) is -0.449. The molecule has 19 heavy (non-hydrogen) atoms. The fourth-order valence-electron chi connectivity index (χ4n) is 1.85. The van der Waals surface area contributed by atoms with Crippen molar-refractivity contribution in [2.75, 3.05) is 5.32 Å². The first-order chi connectivity index (χ1) is 8.88. The van der Waals surface area contributed by atoms with Gasteiger partial charge >= 0.3 is 0 Å². The summed E-state index contributed by atoms with van der Waals surface area (Å²) in [5.41, 5.74) is 0.108. The first kappa shape index (κ1) is 13.5. The van der Waals surface area contributed by atoms with E-state index < -0.39 is 22.0 Å². The van der Waals surface area contributed by atoms with Gasteiger partial charge in [0.15, 0.2) is 0 Å². The molecule has 7 nitrogen and oxygen atoms in total. The zero-order valence-corrected chi connectivity index (χ0v) is 10.7. The van der Waals surface area contributed by atoms with Crippen molar-refractivity contribution < 1.29 is 18.0 Å². The van der Waals surface area contributed by atoms with E-state index in [4.69, 9.17) is 5.14 Å². The highest BCUT2D eigenvalue weighted by Gasteiger charge is 2.28. The molecule has 8 heteroatoms. The maximum absolute atomic E-state index is 11.9. The number of nitrogens with two attached hydrogens (primary N) is 1. The van der Waals surface area contributed by atoms with Crippen LogP contribution in [0.15, 0.2) is 29.2 Å². The highest BCUT2D eigenvalue weighted by molar-refractivity contribution is 7.89. The molecule has 1 aliphatic heterocycles. The summed E-state index contributed by atoms with van der Waals surface area (Å²) in [4.78, 5) is 22.7. The summed E-state index contributed by atoms with van der Waals surface area (Å²) in [6, 6.07) is 5.19. The molecular formula is C11H13N3O4S. The van der Waals surface area contributed by atoms with Gasteiger partial charge in [-0.05, 0) is 18.6 Å². The molecule has 0 bridgehead atoms. The van der Waals surface area contributed by atoms with Gasteiger partial charge in [-0.25, -0.2) is 13.6 Å². The minimum Gasteiger partial charge on any atom is -0.344 e. The minimum atomic E-state index is -3.92. The van der Waals surface area contributed by atoms with Crippen molar-refractivity contribution in [3.8, 4) is 0 Å². The third kappa shape index (κ3) is 3.09. The third-order valence-corrected chi connectivity index (χ3v) is 3.73. The Morgan fingerprint density at radius 2 is 2.05 bits per heavy atom. The van der Waals surface area contributed by atoms with Crippen LogP contribution in [-0.4, -0.2) is 26.3 Å². The molecule has 1 saturated heterocycles. The van der Waals surface area contributed by atoms with Gasteiger partial charge in [0.1, 0.15) is 10.9 Å². The van der Waals surface area contributed by atoms with Crippen molar-refractivity contribution in [2.24, 2.45) is 5.14 Å². The normalized spacial score (nSPS) is 19.0. The van der Waals surface area contributed by atoms with Crippen LogP contribution >= 0.6 is 0 Å². The zero-order valence-electron chi connectivity index (χ0n) is 9.92. The molecule has 0 radical (unpaired) electrons. The summed E-state index contributed by atoms with van der Waals surface area (Å²) in [6.45, 7) is 0. The highest BCUT2D eigenvalue weighted by Crippen LogP contribution is 2.20. The Labute approximate surface area is 110 Å². The lowest BCUT2D eigenvalue weighted by Gasteiger charge is -2.13. The second-order valence-electron chi connectivity index (χ2n) is 4.19. The van der Waals surface area contributed by atoms with Crippen molar-refractivity contribution >= 4 is 27.5 Å². The van der Waals surface area contributed by atoms with Gasteiger partial charge in [-0.2, -0.15) is 0 Å². The fraction of sp³-hybridized carbons (Fsp3) is 0.273. The number of carbonyl (C=O) groups is 2. The first-order valence-electron chi connectivity index (χ1n) is 5.60. The van der Waals surface area contributed by atoms with Crippen LogP contribution < -0.4 is 15.8 Å². The maximum atomic E-state index is 11.9. The number of nitrogens with one attached hydrogen (secondary N) is 2. The van der Waals surface area contributed by atoms with Crippen molar-refractivity contribution in [1.82, 2.24) is 5.32 Å². The van der Waals surface area contributed by atoms with Crippen LogP contribution in [0.5, 0.6) is 0 Å². The molecule has 1 atom stereocenters. The molecule has 0 aliphatic carbocycles. The number of hydrogen-bond acceptors (Lipinski definition) is 4. The molecule has 0 saturated carbocycles. The SMILES string of the molecule is NS(=O)(=O)c1ccccc1NC(=O)[C@@H]1CCC(=O)N1. The molecule has 1 heterocycles. The Morgan fingerprint density at radius 1 is 1.37 bits per heavy atom. The zero-order chi connectivity index (χ0) is 14.0. The van der Waals surface area contributed by atoms with E-state index in [1.807, 2.05) is 0 Å². The second-order valence-corrected chi connectivity index (χ2v) is 5.72. The molecule has 102 valence electrons. The molecule has 4 N–H and O–H groups in total. The Bertz CT molecular complexity index is 627. The van der Waals surface area contributed by atoms with Crippen LogP contribution in [0.4, 0.5) is 5.69 Å². The average Bonchev–Trinajstić information content (AvgIpc) is 2.75. The maximum Gasteiger partial charge on any atom is 0.246 e. The van der Waals surface area contributed by atoms with Crippen molar-refractivity contribution in [1.29, 1.82) is 0 Å². The van der Waals surface area contributed by atoms with Gasteiger partial charge in [0, 0.05) is 6.42 Å². The quantitative estimate of drug-likeness (QED) is 0.696. The van der Waals surface area contributed by atoms with Crippen LogP contribution in [0.1, 0.15) is 12.8 Å². The summed E-state index contributed by atoms with van der Waals surface area (Å²) in [5.74, 6) is -0.651. The Balaban J connectivity index is 2.20. The van der Waals surface area contributed by atoms with Crippen LogP contribution in [0.2, 0.25) is 0 Å². The largest absolute Gasteiger partial charge is 0.344 e. The Morgan fingerprint density at radius 3 is 2.63 bits per heavy atom. The van der Waals surface area contributed by atoms with Crippen LogP contribution in [0.3, 0.4) is 0 Å². The summed E-state index contributed by atoms with van der Waals surface area (Å²) >= 11 is 0. The Kier molecular flexibility index (Phi) is 3.54. The average molecular weight is 283 g/mol. The van der Waals surface area contributed by atoms with E-state index >= 15 is 0 Å². The highest BCUT2D eigenvalue weighted by atomic mass is 32.2. The van der Waals surface area contributed by atoms with E-state index in [-0.39, 0.29) is 22.9 Å². The predicted molar refractivity (Wildman–Crippen MR) is 67.6 cm³/mol. The topological polar surface area (TPSA) is 118 Å². The lowest BCUT2D eigenvalue weighted by Crippen LogP contribution is -2.37. The van der Waals surface area contributed by atoms with Gasteiger partial charge in [-0.3, -0.25) is 9.59 Å². The number of rotatable bonds is 3. The van der Waals surface area contributed by atoms with Crippen LogP contribution in [-0.2, 0) is 19.6 Å². The van der Waals surface area contributed by atoms with Crippen molar-refractivity contribution in [2.45, 2.75) is 23.8 Å². The van der Waals surface area contributed by atoms with Gasteiger partial charge in [0.05, 0.1) is 5.69 Å². The Hall–Kier alpha value is -1.93. The summed E-state index contributed by atoms with van der Waals surface area (Å²) in [5, 5.41) is 10.0. The number of amides is 2. The molecule has 0 unspecified atom stereocenters. The summed E-state index contributed by atoms with van der Waals surface area (Å²) in [6.07, 6.45) is 0.678. The standard InChI is InChI=1S/C11H13N3O4S/c12-19(17,18)9-4-2-1-3-7(9)14-11(16)8-5-6-10(15)13-8/h1-4,8H,5-6H2,(H,13,15)(H,14,16)(H2,12,17,18)/t8-/m0/s1. The van der Waals surface area contributed by atoms with E-state index in [1.165, 1.54) is 18.2 Å². The van der Waals surface area contributed by atoms with E-state index in [0.717, 1.165) is 0 Å². The number of anilines is 1. The third-order valence-electron chi connectivity index (χ3n) is 2.76. The molecule has 0 aromatic heterocycles. The van der Waals surface area contributed by atoms with Gasteiger partial charge in [-0.1, -0.05) is 12.1 Å². The molecule has 2 rings (SSSR count). The van der Waals surface area contributed by atoms with E-state index in [9.17, 15) is 18.0 Å². The van der Waals surface area contributed by atoms with E-state index in [2.05, 4.69) is 10.6 Å². The van der Waals surface area contributed by atoms with Crippen molar-refractivity contribution in [3.05, 3.63) is 24.3 Å². The number of para-hydroxylation sites is 1. The van der Waals surface area contributed by atoms with Gasteiger partial charge < -0.3 is 10.6 Å². The van der Waals surface area contributed by atoms with Gasteiger partial charge in [0.2, 0.25) is 21.8 Å². The number of hydrogen-bond donors (Lipinski definition) is 3. The van der Waals surface area contributed by atoms with Gasteiger partial charge in [-0.15, -0.1) is 0 Å². The summed E-state index contributed by atoms with van der Waals surface area (Å²) < 4.78 is 22.7. The van der Waals surface area contributed by atoms with Gasteiger partial charge in [0.25, 0.3) is 0 Å². The molecular weight excluding hydrogens is 270 g/mol. The molecule has 1 aromatic carbocycles. The molecule has 1 aromatic rings. The monoisotopic (exact) mass is 283 g/mol. The number of primary sulfonamides is 1. The van der Waals surface area contributed by atoms with Crippen molar-refractivity contribution in [3.63, 3.8) is 0 Å². The minimum absolute atomic E-state index is 0.108. The van der Waals surface area contributed by atoms with Crippen LogP contribution in [0.25, 0.3) is 0 Å². The fourth-order valence-corrected chi connectivity index (χ4v) is 2.54. The smallest absolute Gasteiger partial charge is 0.246 e. The lowest BCUT2D eigenvalue weighted by atomic mass is 10.2. The number of sulfonamides is 1. The molecule has 1 fully saturated rings. The molecule has 2 amide bonds.